The number of amides is 1. The van der Waals surface area contributed by atoms with E-state index >= 15 is 0 Å². The molecule has 0 aliphatic heterocycles. The van der Waals surface area contributed by atoms with Gasteiger partial charge in [0.2, 0.25) is 0 Å². The summed E-state index contributed by atoms with van der Waals surface area (Å²) in [5.41, 5.74) is 0.240. The summed E-state index contributed by atoms with van der Waals surface area (Å²) in [6, 6.07) is 4.33. The molecule has 1 aliphatic rings. The van der Waals surface area contributed by atoms with Crippen LogP contribution in [0.5, 0.6) is 0 Å². The van der Waals surface area contributed by atoms with Crippen LogP contribution in [0.3, 0.4) is 0 Å². The van der Waals surface area contributed by atoms with E-state index in [2.05, 4.69) is 10.6 Å². The molecule has 8 nitrogen and oxygen atoms in total. The largest absolute Gasteiger partial charge is 0.452 e. The van der Waals surface area contributed by atoms with Gasteiger partial charge >= 0.3 is 5.97 Å². The van der Waals surface area contributed by atoms with Crippen LogP contribution in [0.25, 0.3) is 0 Å². The van der Waals surface area contributed by atoms with E-state index in [0.29, 0.717) is 5.69 Å². The van der Waals surface area contributed by atoms with Crippen molar-refractivity contribution >= 4 is 23.3 Å². The van der Waals surface area contributed by atoms with E-state index in [9.17, 15) is 19.7 Å². The number of anilines is 1. The maximum atomic E-state index is 12.0. The van der Waals surface area contributed by atoms with Gasteiger partial charge in [-0.05, 0) is 37.8 Å². The Morgan fingerprint density at radius 2 is 2.00 bits per heavy atom. The SMILES string of the molecule is CC(C)C(C)NC(=O)COC(=O)c1ccc(NC2CC2)c([N+](=O)[O-])c1. The van der Waals surface area contributed by atoms with Crippen LogP contribution in [0.1, 0.15) is 44.0 Å². The second-order valence-electron chi connectivity index (χ2n) is 6.58. The van der Waals surface area contributed by atoms with Gasteiger partial charge in [0.15, 0.2) is 6.61 Å². The van der Waals surface area contributed by atoms with Gasteiger partial charge in [0, 0.05) is 18.2 Å². The summed E-state index contributed by atoms with van der Waals surface area (Å²) >= 11 is 0. The lowest BCUT2D eigenvalue weighted by atomic mass is 10.1. The Balaban J connectivity index is 1.97. The second-order valence-corrected chi connectivity index (χ2v) is 6.58. The predicted octanol–water partition coefficient (Wildman–Crippen LogP) is 2.49. The van der Waals surface area contributed by atoms with Gasteiger partial charge in [-0.1, -0.05) is 13.8 Å². The molecule has 1 fully saturated rings. The van der Waals surface area contributed by atoms with Gasteiger partial charge in [0.05, 0.1) is 10.5 Å². The summed E-state index contributed by atoms with van der Waals surface area (Å²) in [6.07, 6.45) is 1.95. The van der Waals surface area contributed by atoms with Gasteiger partial charge in [-0.2, -0.15) is 0 Å². The van der Waals surface area contributed by atoms with E-state index in [1.807, 2.05) is 20.8 Å². The first kappa shape index (κ1) is 18.7. The van der Waals surface area contributed by atoms with Crippen LogP contribution in [-0.2, 0) is 9.53 Å². The Bertz CT molecular complexity index is 670. The number of nitro benzene ring substituents is 1. The smallest absolute Gasteiger partial charge is 0.338 e. The number of carbonyl (C=O) groups is 2. The van der Waals surface area contributed by atoms with Crippen LogP contribution in [0.4, 0.5) is 11.4 Å². The highest BCUT2D eigenvalue weighted by Gasteiger charge is 2.26. The number of hydrogen-bond acceptors (Lipinski definition) is 6. The molecule has 25 heavy (non-hydrogen) atoms. The van der Waals surface area contributed by atoms with Crippen molar-refractivity contribution in [3.05, 3.63) is 33.9 Å². The number of hydrogen-bond donors (Lipinski definition) is 2. The number of rotatable bonds is 8. The molecule has 1 amide bonds. The minimum Gasteiger partial charge on any atom is -0.452 e. The number of benzene rings is 1. The van der Waals surface area contributed by atoms with Crippen LogP contribution >= 0.6 is 0 Å². The van der Waals surface area contributed by atoms with Crippen molar-refractivity contribution in [2.24, 2.45) is 5.92 Å². The molecule has 1 saturated carbocycles. The van der Waals surface area contributed by atoms with Crippen molar-refractivity contribution in [3.63, 3.8) is 0 Å². The minimum absolute atomic E-state index is 0.0396. The van der Waals surface area contributed by atoms with Gasteiger partial charge in [-0.3, -0.25) is 14.9 Å². The van der Waals surface area contributed by atoms with Crippen molar-refractivity contribution in [3.8, 4) is 0 Å². The summed E-state index contributed by atoms with van der Waals surface area (Å²) in [7, 11) is 0. The average molecular weight is 349 g/mol. The normalized spacial score (nSPS) is 14.7. The molecule has 0 bridgehead atoms. The molecule has 1 aromatic rings. The first-order chi connectivity index (χ1) is 11.8. The fourth-order valence-corrected chi connectivity index (χ4v) is 2.06. The molecule has 0 aromatic heterocycles. The fraction of sp³-hybridized carbons (Fsp3) is 0.529. The standard InChI is InChI=1S/C17H23N3O5/c1-10(2)11(3)18-16(21)9-25-17(22)12-4-7-14(19-13-5-6-13)15(8-12)20(23)24/h4,7-8,10-11,13,19H,5-6,9H2,1-3H3,(H,18,21). The van der Waals surface area contributed by atoms with Gasteiger partial charge < -0.3 is 15.4 Å². The summed E-state index contributed by atoms with van der Waals surface area (Å²) in [5, 5.41) is 17.0. The highest BCUT2D eigenvalue weighted by molar-refractivity contribution is 5.93. The lowest BCUT2D eigenvalue weighted by Gasteiger charge is -2.17. The molecule has 136 valence electrons. The van der Waals surface area contributed by atoms with Crippen molar-refractivity contribution in [2.45, 2.75) is 45.7 Å². The Kier molecular flexibility index (Phi) is 5.95. The first-order valence-electron chi connectivity index (χ1n) is 8.29. The predicted molar refractivity (Wildman–Crippen MR) is 92.5 cm³/mol. The number of esters is 1. The summed E-state index contributed by atoms with van der Waals surface area (Å²) in [5.74, 6) is -0.918. The minimum atomic E-state index is -0.770. The van der Waals surface area contributed by atoms with E-state index in [1.54, 1.807) is 0 Å². The molecular weight excluding hydrogens is 326 g/mol. The maximum absolute atomic E-state index is 12.0. The number of nitro groups is 1. The number of nitrogens with zero attached hydrogens (tertiary/aromatic N) is 1. The van der Waals surface area contributed by atoms with Crippen LogP contribution in [-0.4, -0.2) is 35.5 Å². The van der Waals surface area contributed by atoms with E-state index < -0.39 is 23.4 Å². The third-order valence-corrected chi connectivity index (χ3v) is 4.09. The zero-order valence-corrected chi connectivity index (χ0v) is 14.6. The zero-order valence-electron chi connectivity index (χ0n) is 14.6. The third kappa shape index (κ3) is 5.44. The van der Waals surface area contributed by atoms with Crippen LogP contribution in [0, 0.1) is 16.0 Å². The highest BCUT2D eigenvalue weighted by Crippen LogP contribution is 2.31. The Morgan fingerprint density at radius 1 is 1.32 bits per heavy atom. The molecule has 1 atom stereocenters. The number of nitrogens with one attached hydrogen (secondary N) is 2. The summed E-state index contributed by atoms with van der Waals surface area (Å²) in [4.78, 5) is 34.4. The zero-order chi connectivity index (χ0) is 18.6. The van der Waals surface area contributed by atoms with Crippen LogP contribution in [0.2, 0.25) is 0 Å². The fourth-order valence-electron chi connectivity index (χ4n) is 2.06. The molecule has 1 unspecified atom stereocenters. The Labute approximate surface area is 146 Å². The van der Waals surface area contributed by atoms with Gasteiger partial charge in [0.1, 0.15) is 5.69 Å². The third-order valence-electron chi connectivity index (χ3n) is 4.09. The molecule has 8 heteroatoms. The van der Waals surface area contributed by atoms with Crippen LogP contribution in [0.15, 0.2) is 18.2 Å². The van der Waals surface area contributed by atoms with E-state index in [1.165, 1.54) is 18.2 Å². The molecule has 2 N–H and O–H groups in total. The molecule has 1 aliphatic carbocycles. The second kappa shape index (κ2) is 7.96. The van der Waals surface area contributed by atoms with E-state index in [-0.39, 0.29) is 29.3 Å². The first-order valence-corrected chi connectivity index (χ1v) is 8.29. The highest BCUT2D eigenvalue weighted by atomic mass is 16.6. The van der Waals surface area contributed by atoms with Crippen molar-refractivity contribution in [2.75, 3.05) is 11.9 Å². The van der Waals surface area contributed by atoms with Crippen molar-refractivity contribution in [1.29, 1.82) is 0 Å². The number of ether oxygens (including phenoxy) is 1. The lowest BCUT2D eigenvalue weighted by molar-refractivity contribution is -0.384. The molecular formula is C17H23N3O5. The Hall–Kier alpha value is -2.64. The molecule has 0 heterocycles. The van der Waals surface area contributed by atoms with Gasteiger partial charge in [0.25, 0.3) is 11.6 Å². The topological polar surface area (TPSA) is 111 Å². The monoisotopic (exact) mass is 349 g/mol. The molecule has 1 aromatic carbocycles. The van der Waals surface area contributed by atoms with Gasteiger partial charge in [-0.15, -0.1) is 0 Å². The molecule has 2 rings (SSSR count). The average Bonchev–Trinajstić information content (AvgIpc) is 3.36. The van der Waals surface area contributed by atoms with Crippen molar-refractivity contribution < 1.29 is 19.2 Å². The Morgan fingerprint density at radius 3 is 2.56 bits per heavy atom. The maximum Gasteiger partial charge on any atom is 0.338 e. The quantitative estimate of drug-likeness (QED) is 0.424. The molecule has 0 saturated heterocycles. The number of carbonyl (C=O) groups excluding carboxylic acids is 2. The summed E-state index contributed by atoms with van der Waals surface area (Å²) in [6.45, 7) is 5.37. The van der Waals surface area contributed by atoms with Gasteiger partial charge in [-0.25, -0.2) is 4.79 Å². The van der Waals surface area contributed by atoms with E-state index in [4.69, 9.17) is 4.74 Å². The van der Waals surface area contributed by atoms with Crippen LogP contribution < -0.4 is 10.6 Å². The molecule has 0 spiro atoms. The lowest BCUT2D eigenvalue weighted by Crippen LogP contribution is -2.38. The van der Waals surface area contributed by atoms with E-state index in [0.717, 1.165) is 12.8 Å². The molecule has 0 radical (unpaired) electrons. The van der Waals surface area contributed by atoms with Crippen molar-refractivity contribution in [1.82, 2.24) is 5.32 Å². The summed E-state index contributed by atoms with van der Waals surface area (Å²) < 4.78 is 4.94.